The third kappa shape index (κ3) is 4.01. The smallest absolute Gasteiger partial charge is 0.131 e. The van der Waals surface area contributed by atoms with Gasteiger partial charge >= 0.3 is 0 Å². The lowest BCUT2D eigenvalue weighted by atomic mass is 9.67. The molecule has 0 aromatic heterocycles. The maximum Gasteiger partial charge on any atom is 0.131 e. The molecule has 1 heteroatoms. The van der Waals surface area contributed by atoms with Crippen molar-refractivity contribution in [3.8, 4) is 33.8 Å². The van der Waals surface area contributed by atoms with Crippen LogP contribution in [0.2, 0.25) is 0 Å². The van der Waals surface area contributed by atoms with Crippen LogP contribution in [0.25, 0.3) is 33.0 Å². The summed E-state index contributed by atoms with van der Waals surface area (Å²) < 4.78 is 6.59. The van der Waals surface area contributed by atoms with Crippen molar-refractivity contribution in [2.45, 2.75) is 17.8 Å². The Bertz CT molecular complexity index is 2530. The Kier molecular flexibility index (Phi) is 6.29. The Morgan fingerprint density at radius 2 is 0.860 bits per heavy atom. The van der Waals surface area contributed by atoms with E-state index in [9.17, 15) is 0 Å². The van der Waals surface area contributed by atoms with Gasteiger partial charge in [0.25, 0.3) is 0 Å². The van der Waals surface area contributed by atoms with Crippen molar-refractivity contribution in [1.29, 1.82) is 0 Å². The van der Waals surface area contributed by atoms with Gasteiger partial charge in [-0.15, -0.1) is 0 Å². The van der Waals surface area contributed by atoms with E-state index >= 15 is 0 Å². The number of fused-ring (bicyclic) bond motifs is 6. The largest absolute Gasteiger partial charge is 0.457 e. The molecule has 0 saturated carbocycles. The monoisotopic (exact) mass is 638 g/mol. The molecule has 236 valence electrons. The molecule has 1 aliphatic carbocycles. The van der Waals surface area contributed by atoms with Gasteiger partial charge < -0.3 is 4.74 Å². The topological polar surface area (TPSA) is 9.23 Å². The van der Waals surface area contributed by atoms with Crippen molar-refractivity contribution < 1.29 is 4.74 Å². The molecular weight excluding hydrogens is 605 g/mol. The minimum atomic E-state index is -0.484. The maximum atomic E-state index is 6.59. The van der Waals surface area contributed by atoms with Crippen molar-refractivity contribution in [1.82, 2.24) is 0 Å². The summed E-state index contributed by atoms with van der Waals surface area (Å²) in [6, 6.07) is 68.9. The summed E-state index contributed by atoms with van der Waals surface area (Å²) in [4.78, 5) is 0. The molecule has 1 unspecified atom stereocenters. The molecule has 0 spiro atoms. The van der Waals surface area contributed by atoms with Crippen LogP contribution < -0.4 is 4.74 Å². The molecule has 50 heavy (non-hydrogen) atoms. The third-order valence-electron chi connectivity index (χ3n) is 11.3. The van der Waals surface area contributed by atoms with Gasteiger partial charge in [0.1, 0.15) is 11.5 Å². The standard InChI is InChI=1S/C49H34O/c1-48(37-17-5-2-6-18-37)42-23-13-14-24-46(42)50-47-28-26-36(32-45(47)48)35-25-27-40-41-29-33-15-11-12-16-34(33)30-44(41)49(43(40)31-35,38-19-7-3-8-20-38)39-21-9-4-10-22-39/h2-32H,1H3. The third-order valence-corrected chi connectivity index (χ3v) is 11.3. The van der Waals surface area contributed by atoms with Crippen molar-refractivity contribution in [3.63, 3.8) is 0 Å². The van der Waals surface area contributed by atoms with E-state index in [0.717, 1.165) is 11.5 Å². The van der Waals surface area contributed by atoms with E-state index in [1.165, 1.54) is 72.0 Å². The molecule has 0 bridgehead atoms. The Balaban J connectivity index is 1.23. The molecule has 1 heterocycles. The average molecular weight is 639 g/mol. The number of hydrogen-bond donors (Lipinski definition) is 0. The zero-order valence-corrected chi connectivity index (χ0v) is 27.8. The minimum absolute atomic E-state index is 0.383. The first-order valence-corrected chi connectivity index (χ1v) is 17.4. The predicted molar refractivity (Wildman–Crippen MR) is 205 cm³/mol. The molecule has 10 rings (SSSR count). The quantitative estimate of drug-likeness (QED) is 0.186. The first-order chi connectivity index (χ1) is 24.7. The number of para-hydroxylation sites is 1. The number of hydrogen-bond acceptors (Lipinski definition) is 1. The molecule has 8 aromatic carbocycles. The summed E-state index contributed by atoms with van der Waals surface area (Å²) in [6.45, 7) is 2.34. The van der Waals surface area contributed by atoms with Crippen LogP contribution in [0.1, 0.15) is 45.9 Å². The molecule has 0 radical (unpaired) electrons. The number of ether oxygens (including phenoxy) is 1. The Morgan fingerprint density at radius 3 is 1.54 bits per heavy atom. The van der Waals surface area contributed by atoms with Crippen LogP contribution in [0.15, 0.2) is 188 Å². The van der Waals surface area contributed by atoms with E-state index in [1.807, 2.05) is 0 Å². The predicted octanol–water partition coefficient (Wildman–Crippen LogP) is 12.3. The summed E-state index contributed by atoms with van der Waals surface area (Å²) in [6.07, 6.45) is 0. The first kappa shape index (κ1) is 28.8. The molecule has 1 nitrogen and oxygen atoms in total. The van der Waals surface area contributed by atoms with E-state index in [2.05, 4.69) is 195 Å². The molecule has 1 aliphatic heterocycles. The molecule has 0 saturated heterocycles. The van der Waals surface area contributed by atoms with E-state index in [1.54, 1.807) is 0 Å². The molecule has 0 fully saturated rings. The fourth-order valence-electron chi connectivity index (χ4n) is 8.86. The fourth-order valence-corrected chi connectivity index (χ4v) is 8.86. The second kappa shape index (κ2) is 10.9. The van der Waals surface area contributed by atoms with Gasteiger partial charge in [-0.25, -0.2) is 0 Å². The first-order valence-electron chi connectivity index (χ1n) is 17.4. The second-order valence-corrected chi connectivity index (χ2v) is 13.8. The molecule has 0 amide bonds. The molecule has 2 aliphatic rings. The summed E-state index contributed by atoms with van der Waals surface area (Å²) in [5.41, 5.74) is 12.9. The van der Waals surface area contributed by atoms with Crippen LogP contribution >= 0.6 is 0 Å². The Hall–Kier alpha value is -6.18. The zero-order valence-electron chi connectivity index (χ0n) is 27.8. The van der Waals surface area contributed by atoms with Gasteiger partial charge in [0.2, 0.25) is 0 Å². The molecule has 0 N–H and O–H groups in total. The molecule has 1 atom stereocenters. The minimum Gasteiger partial charge on any atom is -0.457 e. The van der Waals surface area contributed by atoms with Gasteiger partial charge in [-0.05, 0) is 104 Å². The fraction of sp³-hybridized carbons (Fsp3) is 0.0612. The van der Waals surface area contributed by atoms with E-state index in [4.69, 9.17) is 4.74 Å². The highest BCUT2D eigenvalue weighted by molar-refractivity contribution is 5.96. The summed E-state index contributed by atoms with van der Waals surface area (Å²) in [5, 5.41) is 2.51. The van der Waals surface area contributed by atoms with Crippen LogP contribution in [0.3, 0.4) is 0 Å². The van der Waals surface area contributed by atoms with Crippen LogP contribution in [-0.2, 0) is 10.8 Å². The van der Waals surface area contributed by atoms with Crippen molar-refractivity contribution in [2.75, 3.05) is 0 Å². The zero-order chi connectivity index (χ0) is 33.3. The van der Waals surface area contributed by atoms with E-state index in [-0.39, 0.29) is 5.41 Å². The molecular formula is C49H34O. The average Bonchev–Trinajstić information content (AvgIpc) is 3.47. The lowest BCUT2D eigenvalue weighted by Gasteiger charge is -2.38. The summed E-state index contributed by atoms with van der Waals surface area (Å²) >= 11 is 0. The Labute approximate surface area is 293 Å². The number of rotatable bonds is 4. The SMILES string of the molecule is CC1(c2ccccc2)c2ccccc2Oc2ccc(-c3ccc4c(c3)C(c3ccccc3)(c3ccccc3)c3cc5ccccc5cc3-4)cc21. The van der Waals surface area contributed by atoms with Crippen LogP contribution in [0.5, 0.6) is 11.5 Å². The maximum absolute atomic E-state index is 6.59. The Morgan fingerprint density at radius 1 is 0.360 bits per heavy atom. The van der Waals surface area contributed by atoms with E-state index < -0.39 is 5.41 Å². The van der Waals surface area contributed by atoms with Gasteiger partial charge in [-0.3, -0.25) is 0 Å². The van der Waals surface area contributed by atoms with Gasteiger partial charge in [0.05, 0.1) is 5.41 Å². The van der Waals surface area contributed by atoms with Gasteiger partial charge in [-0.2, -0.15) is 0 Å². The van der Waals surface area contributed by atoms with Gasteiger partial charge in [0.15, 0.2) is 0 Å². The van der Waals surface area contributed by atoms with Gasteiger partial charge in [0, 0.05) is 16.5 Å². The second-order valence-electron chi connectivity index (χ2n) is 13.8. The highest BCUT2D eigenvalue weighted by atomic mass is 16.5. The summed E-state index contributed by atoms with van der Waals surface area (Å²) in [5.74, 6) is 1.82. The molecule has 8 aromatic rings. The van der Waals surface area contributed by atoms with Gasteiger partial charge in [-0.1, -0.05) is 152 Å². The van der Waals surface area contributed by atoms with Crippen molar-refractivity contribution >= 4 is 10.8 Å². The van der Waals surface area contributed by atoms with Crippen molar-refractivity contribution in [3.05, 3.63) is 227 Å². The van der Waals surface area contributed by atoms with Crippen molar-refractivity contribution in [2.24, 2.45) is 0 Å². The normalized spacial score (nSPS) is 16.5. The highest BCUT2D eigenvalue weighted by Gasteiger charge is 2.46. The van der Waals surface area contributed by atoms with Crippen LogP contribution in [0, 0.1) is 0 Å². The highest BCUT2D eigenvalue weighted by Crippen LogP contribution is 2.58. The lowest BCUT2D eigenvalue weighted by Crippen LogP contribution is -2.29. The van der Waals surface area contributed by atoms with Crippen LogP contribution in [0.4, 0.5) is 0 Å². The van der Waals surface area contributed by atoms with E-state index in [0.29, 0.717) is 0 Å². The summed E-state index contributed by atoms with van der Waals surface area (Å²) in [7, 11) is 0. The lowest BCUT2D eigenvalue weighted by molar-refractivity contribution is 0.427. The number of benzene rings is 8. The van der Waals surface area contributed by atoms with Crippen LogP contribution in [-0.4, -0.2) is 0 Å².